The van der Waals surface area contributed by atoms with E-state index in [0.29, 0.717) is 12.1 Å². The molecule has 2 fully saturated rings. The Balaban J connectivity index is 2.02. The highest BCUT2D eigenvalue weighted by molar-refractivity contribution is 5.01. The van der Waals surface area contributed by atoms with Gasteiger partial charge >= 0.3 is 0 Å². The first-order valence-corrected chi connectivity index (χ1v) is 8.13. The van der Waals surface area contributed by atoms with Crippen molar-refractivity contribution in [1.29, 1.82) is 0 Å². The molecular weight excluding hydrogens is 236 g/mol. The third kappa shape index (κ3) is 3.14. The van der Waals surface area contributed by atoms with Crippen LogP contribution in [0, 0.1) is 11.8 Å². The number of rotatable bonds is 4. The lowest BCUT2D eigenvalue weighted by Gasteiger charge is -2.45. The average Bonchev–Trinajstić information content (AvgIpc) is 2.79. The number of aliphatic hydroxyl groups is 1. The molecule has 19 heavy (non-hydrogen) atoms. The van der Waals surface area contributed by atoms with Gasteiger partial charge in [-0.15, -0.1) is 0 Å². The van der Waals surface area contributed by atoms with Crippen LogP contribution in [0.5, 0.6) is 0 Å². The third-order valence-corrected chi connectivity index (χ3v) is 5.55. The summed E-state index contributed by atoms with van der Waals surface area (Å²) in [7, 11) is 0. The van der Waals surface area contributed by atoms with E-state index in [4.69, 9.17) is 0 Å². The average molecular weight is 268 g/mol. The van der Waals surface area contributed by atoms with Gasteiger partial charge in [0.1, 0.15) is 0 Å². The molecular formula is C16H32N2O. The predicted octanol–water partition coefficient (Wildman–Crippen LogP) is 2.25. The van der Waals surface area contributed by atoms with Crippen LogP contribution in [0.2, 0.25) is 0 Å². The van der Waals surface area contributed by atoms with Gasteiger partial charge < -0.3 is 10.4 Å². The molecule has 2 rings (SSSR count). The molecule has 1 aliphatic carbocycles. The van der Waals surface area contributed by atoms with Crippen molar-refractivity contribution < 1.29 is 5.11 Å². The topological polar surface area (TPSA) is 35.5 Å². The zero-order valence-corrected chi connectivity index (χ0v) is 13.2. The zero-order chi connectivity index (χ0) is 14.0. The first-order chi connectivity index (χ1) is 9.01. The lowest BCUT2D eigenvalue weighted by Crippen LogP contribution is -2.52. The Hall–Kier alpha value is -0.120. The van der Waals surface area contributed by atoms with Crippen molar-refractivity contribution in [3.8, 4) is 0 Å². The summed E-state index contributed by atoms with van der Waals surface area (Å²) in [5, 5.41) is 13.3. The van der Waals surface area contributed by atoms with Crippen LogP contribution in [-0.2, 0) is 0 Å². The van der Waals surface area contributed by atoms with Crippen molar-refractivity contribution in [2.75, 3.05) is 19.7 Å². The molecule has 0 aromatic carbocycles. The molecule has 1 aliphatic heterocycles. The van der Waals surface area contributed by atoms with Crippen LogP contribution in [0.25, 0.3) is 0 Å². The van der Waals surface area contributed by atoms with E-state index >= 15 is 0 Å². The van der Waals surface area contributed by atoms with Gasteiger partial charge in [-0.2, -0.15) is 0 Å². The Morgan fingerprint density at radius 1 is 1.32 bits per heavy atom. The molecule has 2 N–H and O–H groups in total. The van der Waals surface area contributed by atoms with Gasteiger partial charge in [-0.1, -0.05) is 20.8 Å². The van der Waals surface area contributed by atoms with Crippen molar-refractivity contribution in [2.45, 2.75) is 71.0 Å². The van der Waals surface area contributed by atoms with Crippen LogP contribution in [-0.4, -0.2) is 47.3 Å². The molecule has 2 aliphatic rings. The fourth-order valence-corrected chi connectivity index (χ4v) is 4.36. The molecule has 0 amide bonds. The van der Waals surface area contributed by atoms with Crippen LogP contribution in [0.3, 0.4) is 0 Å². The van der Waals surface area contributed by atoms with Gasteiger partial charge in [-0.3, -0.25) is 4.90 Å². The van der Waals surface area contributed by atoms with Crippen LogP contribution < -0.4 is 5.32 Å². The van der Waals surface area contributed by atoms with Gasteiger partial charge in [0.15, 0.2) is 0 Å². The molecule has 1 saturated heterocycles. The van der Waals surface area contributed by atoms with Gasteiger partial charge in [0.05, 0.1) is 6.61 Å². The fraction of sp³-hybridized carbons (Fsp3) is 1.00. The van der Waals surface area contributed by atoms with Crippen LogP contribution >= 0.6 is 0 Å². The second-order valence-corrected chi connectivity index (χ2v) is 7.12. The van der Waals surface area contributed by atoms with Gasteiger partial charge in [0, 0.05) is 24.2 Å². The van der Waals surface area contributed by atoms with E-state index in [9.17, 15) is 5.11 Å². The lowest BCUT2D eigenvalue weighted by molar-refractivity contribution is 0.0367. The van der Waals surface area contributed by atoms with Crippen molar-refractivity contribution in [3.63, 3.8) is 0 Å². The molecule has 0 bridgehead atoms. The fourth-order valence-electron chi connectivity index (χ4n) is 4.36. The summed E-state index contributed by atoms with van der Waals surface area (Å²) < 4.78 is 0. The summed E-state index contributed by atoms with van der Waals surface area (Å²) >= 11 is 0. The highest BCUT2D eigenvalue weighted by Gasteiger charge is 2.43. The van der Waals surface area contributed by atoms with Gasteiger partial charge in [-0.05, 0) is 51.0 Å². The van der Waals surface area contributed by atoms with E-state index in [1.54, 1.807) is 0 Å². The number of piperidine rings is 1. The minimum absolute atomic E-state index is 0.0109. The molecule has 5 unspecified atom stereocenters. The lowest BCUT2D eigenvalue weighted by atomic mass is 9.84. The first kappa shape index (κ1) is 15.3. The molecule has 3 nitrogen and oxygen atoms in total. The SMILES string of the molecule is CCNC1(CO)CCC(N2CC(C)CC(C)C2C)C1. The third-order valence-electron chi connectivity index (χ3n) is 5.55. The Labute approximate surface area is 118 Å². The maximum atomic E-state index is 9.75. The molecule has 5 atom stereocenters. The van der Waals surface area contributed by atoms with Crippen LogP contribution in [0.15, 0.2) is 0 Å². The second kappa shape index (κ2) is 6.11. The highest BCUT2D eigenvalue weighted by Crippen LogP contribution is 2.37. The van der Waals surface area contributed by atoms with Crippen molar-refractivity contribution in [3.05, 3.63) is 0 Å². The molecule has 3 heteroatoms. The van der Waals surface area contributed by atoms with E-state index in [2.05, 4.69) is 37.9 Å². The van der Waals surface area contributed by atoms with E-state index in [1.807, 2.05) is 0 Å². The standard InChI is InChI=1S/C16H32N2O/c1-5-17-16(11-19)7-6-15(9-16)18-10-12(2)8-13(3)14(18)4/h12-15,17,19H,5-11H2,1-4H3. The number of nitrogens with zero attached hydrogens (tertiary/aromatic N) is 1. The van der Waals surface area contributed by atoms with Crippen molar-refractivity contribution in [2.24, 2.45) is 11.8 Å². The Kier molecular flexibility index (Phi) is 4.91. The number of hydrogen-bond acceptors (Lipinski definition) is 3. The second-order valence-electron chi connectivity index (χ2n) is 7.12. The summed E-state index contributed by atoms with van der Waals surface area (Å²) in [6, 6.07) is 1.35. The number of likely N-dealkylation sites (tertiary alicyclic amines) is 1. The molecule has 0 aromatic rings. The van der Waals surface area contributed by atoms with E-state index in [1.165, 1.54) is 19.4 Å². The molecule has 0 spiro atoms. The monoisotopic (exact) mass is 268 g/mol. The highest BCUT2D eigenvalue weighted by atomic mass is 16.3. The minimum atomic E-state index is -0.0109. The smallest absolute Gasteiger partial charge is 0.0613 e. The van der Waals surface area contributed by atoms with Crippen LogP contribution in [0.4, 0.5) is 0 Å². The van der Waals surface area contributed by atoms with Crippen LogP contribution in [0.1, 0.15) is 53.4 Å². The molecule has 1 heterocycles. The van der Waals surface area contributed by atoms with Gasteiger partial charge in [-0.25, -0.2) is 0 Å². The number of hydrogen-bond donors (Lipinski definition) is 2. The Bertz CT molecular complexity index is 296. The summed E-state index contributed by atoms with van der Waals surface area (Å²) in [5.41, 5.74) is -0.0109. The molecule has 0 radical (unpaired) electrons. The van der Waals surface area contributed by atoms with Gasteiger partial charge in [0.2, 0.25) is 0 Å². The number of likely N-dealkylation sites (N-methyl/N-ethyl adjacent to an activating group) is 1. The maximum Gasteiger partial charge on any atom is 0.0613 e. The molecule has 0 aromatic heterocycles. The Morgan fingerprint density at radius 2 is 2.05 bits per heavy atom. The zero-order valence-electron chi connectivity index (χ0n) is 13.2. The van der Waals surface area contributed by atoms with E-state index in [-0.39, 0.29) is 12.1 Å². The first-order valence-electron chi connectivity index (χ1n) is 8.13. The normalized spacial score (nSPS) is 44.7. The predicted molar refractivity (Wildman–Crippen MR) is 80.2 cm³/mol. The minimum Gasteiger partial charge on any atom is -0.394 e. The van der Waals surface area contributed by atoms with Crippen molar-refractivity contribution >= 4 is 0 Å². The summed E-state index contributed by atoms with van der Waals surface area (Å²) in [6.45, 7) is 11.8. The number of aliphatic hydroxyl groups excluding tert-OH is 1. The summed E-state index contributed by atoms with van der Waals surface area (Å²) in [5.74, 6) is 1.61. The van der Waals surface area contributed by atoms with Gasteiger partial charge in [0.25, 0.3) is 0 Å². The summed E-state index contributed by atoms with van der Waals surface area (Å²) in [4.78, 5) is 2.73. The summed E-state index contributed by atoms with van der Waals surface area (Å²) in [6.07, 6.45) is 4.83. The van der Waals surface area contributed by atoms with Crippen molar-refractivity contribution in [1.82, 2.24) is 10.2 Å². The van der Waals surface area contributed by atoms with E-state index < -0.39 is 0 Å². The maximum absolute atomic E-state index is 9.75. The largest absolute Gasteiger partial charge is 0.394 e. The molecule has 1 saturated carbocycles. The van der Waals surface area contributed by atoms with E-state index in [0.717, 1.165) is 31.2 Å². The molecule has 112 valence electrons. The quantitative estimate of drug-likeness (QED) is 0.821. The Morgan fingerprint density at radius 3 is 2.68 bits per heavy atom. The number of nitrogens with one attached hydrogen (secondary N) is 1.